The Labute approximate surface area is 138 Å². The van der Waals surface area contributed by atoms with Crippen molar-refractivity contribution < 1.29 is 19.4 Å². The number of amides is 1. The van der Waals surface area contributed by atoms with Gasteiger partial charge in [0.1, 0.15) is 0 Å². The van der Waals surface area contributed by atoms with E-state index in [1.165, 1.54) is 20.4 Å². The standard InChI is InChI=1S/C16H15ClN2O4/c1-22-13-7-10(8-14(23-2)15(13)20)9-18-19-16(21)11-3-5-12(17)6-4-11/h3-9,20H,1-2H3,(H,19,21)/b18-9-. The lowest BCUT2D eigenvalue weighted by Gasteiger charge is -2.09. The molecule has 2 rings (SSSR count). The summed E-state index contributed by atoms with van der Waals surface area (Å²) in [6.07, 6.45) is 1.41. The molecule has 2 aromatic rings. The average Bonchev–Trinajstić information content (AvgIpc) is 2.56. The molecule has 0 unspecified atom stereocenters. The van der Waals surface area contributed by atoms with E-state index >= 15 is 0 Å². The first-order valence-electron chi connectivity index (χ1n) is 6.59. The molecule has 2 aromatic carbocycles. The maximum atomic E-state index is 11.9. The number of ether oxygens (including phenoxy) is 2. The topological polar surface area (TPSA) is 80.2 Å². The smallest absolute Gasteiger partial charge is 0.271 e. The van der Waals surface area contributed by atoms with E-state index in [1.54, 1.807) is 36.4 Å². The molecule has 0 aromatic heterocycles. The second-order valence-electron chi connectivity index (χ2n) is 4.48. The summed E-state index contributed by atoms with van der Waals surface area (Å²) in [4.78, 5) is 11.9. The summed E-state index contributed by atoms with van der Waals surface area (Å²) < 4.78 is 10.1. The number of rotatable bonds is 5. The van der Waals surface area contributed by atoms with Crippen molar-refractivity contribution in [3.63, 3.8) is 0 Å². The molecular formula is C16H15ClN2O4. The lowest BCUT2D eigenvalue weighted by Crippen LogP contribution is -2.17. The van der Waals surface area contributed by atoms with Crippen molar-refractivity contribution in [3.05, 3.63) is 52.5 Å². The molecule has 2 N–H and O–H groups in total. The molecule has 0 aliphatic heterocycles. The number of phenolic OH excluding ortho intramolecular Hbond substituents is 1. The zero-order valence-corrected chi connectivity index (χ0v) is 13.3. The van der Waals surface area contributed by atoms with Crippen LogP contribution >= 0.6 is 11.6 Å². The van der Waals surface area contributed by atoms with Crippen LogP contribution in [0.3, 0.4) is 0 Å². The van der Waals surface area contributed by atoms with Crippen LogP contribution in [-0.2, 0) is 0 Å². The van der Waals surface area contributed by atoms with Gasteiger partial charge in [0, 0.05) is 16.1 Å². The van der Waals surface area contributed by atoms with Gasteiger partial charge in [-0.3, -0.25) is 4.79 Å². The van der Waals surface area contributed by atoms with Crippen molar-refractivity contribution in [2.24, 2.45) is 5.10 Å². The van der Waals surface area contributed by atoms with Crippen LogP contribution in [0.4, 0.5) is 0 Å². The number of methoxy groups -OCH3 is 2. The molecule has 7 heteroatoms. The predicted octanol–water partition coefficient (Wildman–Crippen LogP) is 2.83. The minimum atomic E-state index is -0.365. The van der Waals surface area contributed by atoms with Gasteiger partial charge in [0.15, 0.2) is 11.5 Å². The van der Waals surface area contributed by atoms with E-state index < -0.39 is 0 Å². The molecule has 0 aliphatic carbocycles. The predicted molar refractivity (Wildman–Crippen MR) is 87.7 cm³/mol. The molecule has 0 aliphatic rings. The number of nitrogens with zero attached hydrogens (tertiary/aromatic N) is 1. The molecule has 6 nitrogen and oxygen atoms in total. The van der Waals surface area contributed by atoms with Gasteiger partial charge < -0.3 is 14.6 Å². The lowest BCUT2D eigenvalue weighted by molar-refractivity contribution is 0.0955. The Balaban J connectivity index is 2.11. The number of halogens is 1. The Bertz CT molecular complexity index is 704. The Hall–Kier alpha value is -2.73. The first-order chi connectivity index (χ1) is 11.0. The molecule has 0 spiro atoms. The molecule has 0 radical (unpaired) electrons. The Morgan fingerprint density at radius 1 is 1.17 bits per heavy atom. The van der Waals surface area contributed by atoms with Crippen LogP contribution in [0.1, 0.15) is 15.9 Å². The van der Waals surface area contributed by atoms with Gasteiger partial charge in [-0.2, -0.15) is 5.10 Å². The second kappa shape index (κ2) is 7.51. The van der Waals surface area contributed by atoms with Gasteiger partial charge in [0.25, 0.3) is 5.91 Å². The van der Waals surface area contributed by atoms with Crippen molar-refractivity contribution in [2.45, 2.75) is 0 Å². The fourth-order valence-corrected chi connectivity index (χ4v) is 1.95. The van der Waals surface area contributed by atoms with Gasteiger partial charge in [0.05, 0.1) is 20.4 Å². The summed E-state index contributed by atoms with van der Waals surface area (Å²) in [7, 11) is 2.86. The SMILES string of the molecule is COc1cc(/C=N\NC(=O)c2ccc(Cl)cc2)cc(OC)c1O. The summed E-state index contributed by atoms with van der Waals surface area (Å²) in [5.74, 6) is 0.0256. The molecule has 120 valence electrons. The maximum Gasteiger partial charge on any atom is 0.271 e. The molecule has 0 saturated heterocycles. The number of benzene rings is 2. The average molecular weight is 335 g/mol. The molecule has 0 heterocycles. The van der Waals surface area contributed by atoms with Gasteiger partial charge >= 0.3 is 0 Å². The van der Waals surface area contributed by atoms with Crippen molar-refractivity contribution in [2.75, 3.05) is 14.2 Å². The van der Waals surface area contributed by atoms with Crippen LogP contribution < -0.4 is 14.9 Å². The van der Waals surface area contributed by atoms with Gasteiger partial charge in [-0.25, -0.2) is 5.43 Å². The summed E-state index contributed by atoms with van der Waals surface area (Å²) in [6.45, 7) is 0. The van der Waals surface area contributed by atoms with Crippen LogP contribution in [0.5, 0.6) is 17.2 Å². The quantitative estimate of drug-likeness (QED) is 0.651. The molecule has 0 fully saturated rings. The van der Waals surface area contributed by atoms with E-state index in [1.807, 2.05) is 0 Å². The number of hydrogen-bond acceptors (Lipinski definition) is 5. The largest absolute Gasteiger partial charge is 0.502 e. The van der Waals surface area contributed by atoms with E-state index in [0.717, 1.165) is 0 Å². The highest BCUT2D eigenvalue weighted by molar-refractivity contribution is 6.30. The normalized spacial score (nSPS) is 10.6. The Morgan fingerprint density at radius 3 is 2.26 bits per heavy atom. The maximum absolute atomic E-state index is 11.9. The first-order valence-corrected chi connectivity index (χ1v) is 6.97. The highest BCUT2D eigenvalue weighted by Crippen LogP contribution is 2.36. The van der Waals surface area contributed by atoms with E-state index in [-0.39, 0.29) is 23.2 Å². The minimum absolute atomic E-state index is 0.0997. The summed E-state index contributed by atoms with van der Waals surface area (Å²) >= 11 is 5.77. The van der Waals surface area contributed by atoms with Crippen molar-refractivity contribution in [3.8, 4) is 17.2 Å². The summed E-state index contributed by atoms with van der Waals surface area (Å²) in [5, 5.41) is 14.2. The van der Waals surface area contributed by atoms with Gasteiger partial charge in [0.2, 0.25) is 5.75 Å². The number of carbonyl (C=O) groups excluding carboxylic acids is 1. The molecule has 1 amide bonds. The molecule has 23 heavy (non-hydrogen) atoms. The third-order valence-corrected chi connectivity index (χ3v) is 3.24. The summed E-state index contributed by atoms with van der Waals surface area (Å²) in [6, 6.07) is 9.57. The number of carbonyl (C=O) groups is 1. The van der Waals surface area contributed by atoms with E-state index in [2.05, 4.69) is 10.5 Å². The zero-order chi connectivity index (χ0) is 16.8. The number of aromatic hydroxyl groups is 1. The number of hydrogen-bond donors (Lipinski definition) is 2. The fraction of sp³-hybridized carbons (Fsp3) is 0.125. The van der Waals surface area contributed by atoms with Crippen LogP contribution in [0.25, 0.3) is 0 Å². The molecular weight excluding hydrogens is 320 g/mol. The van der Waals surface area contributed by atoms with Crippen LogP contribution in [-0.4, -0.2) is 31.4 Å². The third-order valence-electron chi connectivity index (χ3n) is 2.99. The lowest BCUT2D eigenvalue weighted by atomic mass is 10.2. The van der Waals surface area contributed by atoms with Gasteiger partial charge in [-0.15, -0.1) is 0 Å². The molecule has 0 atom stereocenters. The number of hydrazone groups is 1. The minimum Gasteiger partial charge on any atom is -0.502 e. The second-order valence-corrected chi connectivity index (χ2v) is 4.92. The van der Waals surface area contributed by atoms with Crippen LogP contribution in [0.15, 0.2) is 41.5 Å². The highest BCUT2D eigenvalue weighted by atomic mass is 35.5. The monoisotopic (exact) mass is 334 g/mol. The highest BCUT2D eigenvalue weighted by Gasteiger charge is 2.10. The Morgan fingerprint density at radius 2 is 1.74 bits per heavy atom. The van der Waals surface area contributed by atoms with Crippen molar-refractivity contribution in [1.82, 2.24) is 5.43 Å². The number of nitrogens with one attached hydrogen (secondary N) is 1. The van der Waals surface area contributed by atoms with E-state index in [0.29, 0.717) is 16.1 Å². The summed E-state index contributed by atoms with van der Waals surface area (Å²) in [5.41, 5.74) is 3.43. The Kier molecular flexibility index (Phi) is 5.43. The van der Waals surface area contributed by atoms with Gasteiger partial charge in [-0.05, 0) is 36.4 Å². The van der Waals surface area contributed by atoms with Crippen molar-refractivity contribution >= 4 is 23.7 Å². The first kappa shape index (κ1) is 16.6. The third kappa shape index (κ3) is 4.14. The zero-order valence-electron chi connectivity index (χ0n) is 12.5. The van der Waals surface area contributed by atoms with E-state index in [9.17, 15) is 9.90 Å². The molecule has 0 bridgehead atoms. The van der Waals surface area contributed by atoms with E-state index in [4.69, 9.17) is 21.1 Å². The number of phenols is 1. The molecule has 0 saturated carbocycles. The van der Waals surface area contributed by atoms with Crippen LogP contribution in [0, 0.1) is 0 Å². The van der Waals surface area contributed by atoms with Crippen molar-refractivity contribution in [1.29, 1.82) is 0 Å². The van der Waals surface area contributed by atoms with Gasteiger partial charge in [-0.1, -0.05) is 11.6 Å². The fourth-order valence-electron chi connectivity index (χ4n) is 1.82. The van der Waals surface area contributed by atoms with Crippen LogP contribution in [0.2, 0.25) is 5.02 Å².